The third-order valence-electron chi connectivity index (χ3n) is 2.24. The number of carbonyl (C=O) groups is 1. The Labute approximate surface area is 102 Å². The minimum absolute atomic E-state index is 0.249. The fraction of sp³-hybridized carbons (Fsp3) is 0.909. The van der Waals surface area contributed by atoms with Gasteiger partial charge in [-0.05, 0) is 27.3 Å². The van der Waals surface area contributed by atoms with Crippen molar-refractivity contribution in [3.63, 3.8) is 0 Å². The maximum atomic E-state index is 11.5. The van der Waals surface area contributed by atoms with Crippen LogP contribution in [0.5, 0.6) is 0 Å². The maximum Gasteiger partial charge on any atom is 0.407 e. The topological polar surface area (TPSA) is 82.8 Å². The molecule has 0 radical (unpaired) electrons. The lowest BCUT2D eigenvalue weighted by molar-refractivity contribution is -0.156. The first-order chi connectivity index (χ1) is 7.87. The van der Waals surface area contributed by atoms with Gasteiger partial charge in [0.15, 0.2) is 5.79 Å². The molecule has 0 unspecified atom stereocenters. The third-order valence-corrected chi connectivity index (χ3v) is 2.24. The van der Waals surface area contributed by atoms with E-state index in [2.05, 4.69) is 5.32 Å². The Hall–Kier alpha value is -0.850. The molecule has 17 heavy (non-hydrogen) atoms. The van der Waals surface area contributed by atoms with Crippen molar-refractivity contribution in [3.05, 3.63) is 0 Å². The Morgan fingerprint density at radius 3 is 2.47 bits per heavy atom. The van der Waals surface area contributed by atoms with E-state index < -0.39 is 17.5 Å². The van der Waals surface area contributed by atoms with Gasteiger partial charge in [0.1, 0.15) is 5.60 Å². The predicted molar refractivity (Wildman–Crippen MR) is 62.5 cm³/mol. The Morgan fingerprint density at radius 2 is 2.00 bits per heavy atom. The molecule has 0 bridgehead atoms. The molecule has 0 aromatic rings. The van der Waals surface area contributed by atoms with Gasteiger partial charge in [-0.3, -0.25) is 0 Å². The molecule has 0 spiro atoms. The molecule has 1 heterocycles. The molecule has 3 N–H and O–H groups in total. The molecule has 0 aromatic carbocycles. The van der Waals surface area contributed by atoms with Crippen LogP contribution in [0.3, 0.4) is 0 Å². The van der Waals surface area contributed by atoms with Gasteiger partial charge in [-0.2, -0.15) is 0 Å². The number of carbonyl (C=O) groups excluding carboxylic acids is 1. The van der Waals surface area contributed by atoms with Gasteiger partial charge in [-0.25, -0.2) is 4.79 Å². The van der Waals surface area contributed by atoms with Crippen molar-refractivity contribution in [1.82, 2.24) is 5.32 Å². The molecule has 0 aromatic heterocycles. The van der Waals surface area contributed by atoms with Crippen LogP contribution in [0.15, 0.2) is 0 Å². The van der Waals surface area contributed by atoms with Crippen LogP contribution in [0.25, 0.3) is 0 Å². The fourth-order valence-corrected chi connectivity index (χ4v) is 1.57. The number of rotatable bonds is 4. The summed E-state index contributed by atoms with van der Waals surface area (Å²) in [7, 11) is 0. The second-order valence-electron chi connectivity index (χ2n) is 5.00. The normalized spacial score (nSPS) is 19.1. The first-order valence-electron chi connectivity index (χ1n) is 5.82. The van der Waals surface area contributed by atoms with E-state index in [-0.39, 0.29) is 6.54 Å². The van der Waals surface area contributed by atoms with Gasteiger partial charge in [0.25, 0.3) is 0 Å². The molecule has 1 aliphatic heterocycles. The van der Waals surface area contributed by atoms with Crippen molar-refractivity contribution in [1.29, 1.82) is 0 Å². The summed E-state index contributed by atoms with van der Waals surface area (Å²) >= 11 is 0. The third kappa shape index (κ3) is 4.89. The molecule has 1 amide bonds. The Bertz CT molecular complexity index is 257. The summed E-state index contributed by atoms with van der Waals surface area (Å²) in [5.74, 6) is -0.786. The number of nitrogens with two attached hydrogens (primary N) is 1. The Balaban J connectivity index is 2.39. The SMILES string of the molecule is CC(C)(C)OC(=O)NCC1(CCN)OCCO1. The minimum Gasteiger partial charge on any atom is -0.444 e. The largest absolute Gasteiger partial charge is 0.444 e. The maximum absolute atomic E-state index is 11.5. The number of hydrogen-bond donors (Lipinski definition) is 2. The highest BCUT2D eigenvalue weighted by atomic mass is 16.7. The van der Waals surface area contributed by atoms with Crippen LogP contribution in [0.2, 0.25) is 0 Å². The van der Waals surface area contributed by atoms with Crippen LogP contribution in [-0.4, -0.2) is 43.8 Å². The molecule has 1 aliphatic rings. The number of ether oxygens (including phenoxy) is 3. The summed E-state index contributed by atoms with van der Waals surface area (Å²) in [5.41, 5.74) is 4.99. The first kappa shape index (κ1) is 14.2. The summed E-state index contributed by atoms with van der Waals surface area (Å²) in [6, 6.07) is 0. The summed E-state index contributed by atoms with van der Waals surface area (Å²) < 4.78 is 16.1. The first-order valence-corrected chi connectivity index (χ1v) is 5.82. The molecule has 1 rings (SSSR count). The molecule has 0 atom stereocenters. The average Bonchev–Trinajstić information content (AvgIpc) is 2.62. The van der Waals surface area contributed by atoms with E-state index in [0.717, 1.165) is 0 Å². The number of hydrogen-bond acceptors (Lipinski definition) is 5. The summed E-state index contributed by atoms with van der Waals surface area (Å²) in [6.07, 6.45) is 0.0657. The van der Waals surface area contributed by atoms with Gasteiger partial charge in [-0.15, -0.1) is 0 Å². The van der Waals surface area contributed by atoms with Crippen LogP contribution < -0.4 is 11.1 Å². The van der Waals surface area contributed by atoms with Crippen molar-refractivity contribution in [2.45, 2.75) is 38.6 Å². The lowest BCUT2D eigenvalue weighted by Crippen LogP contribution is -2.46. The van der Waals surface area contributed by atoms with Crippen LogP contribution >= 0.6 is 0 Å². The van der Waals surface area contributed by atoms with Gasteiger partial charge in [0.2, 0.25) is 0 Å². The molecule has 1 saturated heterocycles. The van der Waals surface area contributed by atoms with Gasteiger partial charge in [0, 0.05) is 6.42 Å². The standard InChI is InChI=1S/C11H22N2O4/c1-10(2,3)17-9(14)13-8-11(4-5-12)15-6-7-16-11/h4-8,12H2,1-3H3,(H,13,14). The Morgan fingerprint density at radius 1 is 1.41 bits per heavy atom. The zero-order valence-corrected chi connectivity index (χ0v) is 10.7. The van der Waals surface area contributed by atoms with Crippen molar-refractivity contribution < 1.29 is 19.0 Å². The predicted octanol–water partition coefficient (Wildman–Crippen LogP) is 0.603. The molecule has 0 aliphatic carbocycles. The fourth-order valence-electron chi connectivity index (χ4n) is 1.57. The van der Waals surface area contributed by atoms with Crippen LogP contribution in [-0.2, 0) is 14.2 Å². The van der Waals surface area contributed by atoms with Crippen LogP contribution in [0.1, 0.15) is 27.2 Å². The minimum atomic E-state index is -0.786. The molecule has 6 heteroatoms. The second kappa shape index (κ2) is 5.66. The lowest BCUT2D eigenvalue weighted by Gasteiger charge is -2.28. The summed E-state index contributed by atoms with van der Waals surface area (Å²) in [5, 5.41) is 2.64. The molecular weight excluding hydrogens is 224 g/mol. The van der Waals surface area contributed by atoms with Crippen molar-refractivity contribution >= 4 is 6.09 Å². The van der Waals surface area contributed by atoms with Crippen LogP contribution in [0.4, 0.5) is 4.79 Å². The lowest BCUT2D eigenvalue weighted by atomic mass is 10.2. The Kier molecular flexibility index (Phi) is 4.73. The quantitative estimate of drug-likeness (QED) is 0.759. The number of alkyl carbamates (subject to hydrolysis) is 1. The van der Waals surface area contributed by atoms with Crippen molar-refractivity contribution in [2.24, 2.45) is 5.73 Å². The smallest absolute Gasteiger partial charge is 0.407 e. The second-order valence-corrected chi connectivity index (χ2v) is 5.00. The highest BCUT2D eigenvalue weighted by molar-refractivity contribution is 5.67. The molecule has 100 valence electrons. The zero-order chi connectivity index (χ0) is 12.9. The van der Waals surface area contributed by atoms with Crippen LogP contribution in [0, 0.1) is 0 Å². The monoisotopic (exact) mass is 246 g/mol. The molecule has 0 saturated carbocycles. The average molecular weight is 246 g/mol. The molecular formula is C11H22N2O4. The summed E-state index contributed by atoms with van der Waals surface area (Å²) in [4.78, 5) is 11.5. The number of amides is 1. The number of nitrogens with one attached hydrogen (secondary N) is 1. The van der Waals surface area contributed by atoms with Gasteiger partial charge in [0.05, 0.1) is 19.8 Å². The van der Waals surface area contributed by atoms with Gasteiger partial charge < -0.3 is 25.3 Å². The van der Waals surface area contributed by atoms with E-state index in [1.54, 1.807) is 0 Å². The van der Waals surface area contributed by atoms with Crippen molar-refractivity contribution in [2.75, 3.05) is 26.3 Å². The van der Waals surface area contributed by atoms with E-state index in [1.807, 2.05) is 20.8 Å². The van der Waals surface area contributed by atoms with Gasteiger partial charge in [-0.1, -0.05) is 0 Å². The highest BCUT2D eigenvalue weighted by Crippen LogP contribution is 2.22. The van der Waals surface area contributed by atoms with E-state index in [9.17, 15) is 4.79 Å². The van der Waals surface area contributed by atoms with E-state index in [4.69, 9.17) is 19.9 Å². The van der Waals surface area contributed by atoms with E-state index >= 15 is 0 Å². The van der Waals surface area contributed by atoms with E-state index in [0.29, 0.717) is 26.2 Å². The summed E-state index contributed by atoms with van der Waals surface area (Å²) in [6.45, 7) is 7.17. The molecule has 6 nitrogen and oxygen atoms in total. The van der Waals surface area contributed by atoms with E-state index in [1.165, 1.54) is 0 Å². The molecule has 1 fully saturated rings. The highest BCUT2D eigenvalue weighted by Gasteiger charge is 2.36. The van der Waals surface area contributed by atoms with Crippen molar-refractivity contribution in [3.8, 4) is 0 Å². The van der Waals surface area contributed by atoms with Gasteiger partial charge >= 0.3 is 6.09 Å². The zero-order valence-electron chi connectivity index (χ0n) is 10.7.